The second-order valence-corrected chi connectivity index (χ2v) is 4.66. The van der Waals surface area contributed by atoms with Gasteiger partial charge in [0.05, 0.1) is 0 Å². The number of amides is 2. The van der Waals surface area contributed by atoms with Gasteiger partial charge in [-0.3, -0.25) is 0 Å². The number of anilines is 1. The Bertz CT molecular complexity index is 618. The second kappa shape index (κ2) is 6.57. The van der Waals surface area contributed by atoms with Crippen molar-refractivity contribution in [3.63, 3.8) is 0 Å². The monoisotopic (exact) mass is 266 g/mol. The topological polar surface area (TPSA) is 41.1 Å². The molecule has 102 valence electrons. The predicted octanol–water partition coefficient (Wildman–Crippen LogP) is 4.10. The average molecular weight is 266 g/mol. The van der Waals surface area contributed by atoms with Gasteiger partial charge >= 0.3 is 6.03 Å². The van der Waals surface area contributed by atoms with Crippen molar-refractivity contribution in [3.8, 4) is 0 Å². The summed E-state index contributed by atoms with van der Waals surface area (Å²) in [7, 11) is 0. The highest BCUT2D eigenvalue weighted by Crippen LogP contribution is 2.15. The van der Waals surface area contributed by atoms with Crippen LogP contribution >= 0.6 is 0 Å². The molecule has 0 saturated carbocycles. The van der Waals surface area contributed by atoms with Crippen LogP contribution in [0.2, 0.25) is 0 Å². The Morgan fingerprint density at radius 1 is 1.05 bits per heavy atom. The van der Waals surface area contributed by atoms with Crippen molar-refractivity contribution in [3.05, 3.63) is 71.4 Å². The minimum absolute atomic E-state index is 0.246. The van der Waals surface area contributed by atoms with Crippen molar-refractivity contribution in [2.45, 2.75) is 13.8 Å². The van der Waals surface area contributed by atoms with Crippen molar-refractivity contribution in [1.82, 2.24) is 5.32 Å². The highest BCUT2D eigenvalue weighted by Gasteiger charge is 2.02. The van der Waals surface area contributed by atoms with Gasteiger partial charge in [0.1, 0.15) is 0 Å². The van der Waals surface area contributed by atoms with Gasteiger partial charge in [-0.15, -0.1) is 0 Å². The molecule has 0 unspecified atom stereocenters. The molecule has 3 heteroatoms. The first kappa shape index (κ1) is 13.9. The molecule has 0 saturated heterocycles. The lowest BCUT2D eigenvalue weighted by molar-refractivity contribution is 0.255. The van der Waals surface area contributed by atoms with E-state index in [4.69, 9.17) is 0 Å². The number of urea groups is 1. The Hall–Kier alpha value is -2.55. The zero-order chi connectivity index (χ0) is 14.4. The summed E-state index contributed by atoms with van der Waals surface area (Å²) in [4.78, 5) is 11.8. The maximum Gasteiger partial charge on any atom is 0.323 e. The van der Waals surface area contributed by atoms with Gasteiger partial charge in [-0.1, -0.05) is 48.0 Å². The standard InChI is InChI=1S/C17H18N2O/c1-13-8-9-16(14(2)12-13)19-17(20)18-11-10-15-6-4-3-5-7-15/h3-12H,1-2H3,(H2,18,19,20)/b11-10+. The van der Waals surface area contributed by atoms with Crippen molar-refractivity contribution < 1.29 is 4.79 Å². The zero-order valence-electron chi connectivity index (χ0n) is 11.7. The Labute approximate surface area is 119 Å². The van der Waals surface area contributed by atoms with Crippen LogP contribution in [0.1, 0.15) is 16.7 Å². The van der Waals surface area contributed by atoms with Crippen LogP contribution < -0.4 is 10.6 Å². The summed E-state index contributed by atoms with van der Waals surface area (Å²) < 4.78 is 0. The normalized spacial score (nSPS) is 10.5. The highest BCUT2D eigenvalue weighted by molar-refractivity contribution is 5.91. The molecule has 0 heterocycles. The summed E-state index contributed by atoms with van der Waals surface area (Å²) >= 11 is 0. The van der Waals surface area contributed by atoms with Crippen LogP contribution in [-0.2, 0) is 0 Å². The number of carbonyl (C=O) groups excluding carboxylic acids is 1. The van der Waals surface area contributed by atoms with E-state index in [1.807, 2.05) is 68.5 Å². The third-order valence-corrected chi connectivity index (χ3v) is 2.92. The third-order valence-electron chi connectivity index (χ3n) is 2.92. The molecule has 3 nitrogen and oxygen atoms in total. The van der Waals surface area contributed by atoms with Crippen molar-refractivity contribution in [2.75, 3.05) is 5.32 Å². The molecular formula is C17H18N2O. The largest absolute Gasteiger partial charge is 0.323 e. The van der Waals surface area contributed by atoms with Gasteiger partial charge in [-0.05, 0) is 37.1 Å². The van der Waals surface area contributed by atoms with Gasteiger partial charge in [0.2, 0.25) is 0 Å². The SMILES string of the molecule is Cc1ccc(NC(=O)N/C=C/c2ccccc2)c(C)c1. The van der Waals surface area contributed by atoms with E-state index in [9.17, 15) is 4.79 Å². The molecule has 0 bridgehead atoms. The van der Waals surface area contributed by atoms with E-state index in [1.165, 1.54) is 5.56 Å². The number of nitrogens with one attached hydrogen (secondary N) is 2. The first-order valence-corrected chi connectivity index (χ1v) is 6.51. The molecule has 0 aliphatic heterocycles. The minimum atomic E-state index is -0.246. The average Bonchev–Trinajstić information content (AvgIpc) is 2.43. The van der Waals surface area contributed by atoms with Gasteiger partial charge in [0.25, 0.3) is 0 Å². The van der Waals surface area contributed by atoms with Crippen molar-refractivity contribution in [1.29, 1.82) is 0 Å². The molecule has 0 aliphatic rings. The summed E-state index contributed by atoms with van der Waals surface area (Å²) in [6, 6.07) is 15.5. The fourth-order valence-corrected chi connectivity index (χ4v) is 1.89. The molecule has 2 N–H and O–H groups in total. The molecule has 0 radical (unpaired) electrons. The molecule has 0 aliphatic carbocycles. The van der Waals surface area contributed by atoms with Crippen LogP contribution in [0, 0.1) is 13.8 Å². The number of benzene rings is 2. The maximum absolute atomic E-state index is 11.8. The van der Waals surface area contributed by atoms with Crippen LogP contribution in [0.5, 0.6) is 0 Å². The Balaban J connectivity index is 1.91. The first-order chi connectivity index (χ1) is 9.65. The molecule has 2 aromatic rings. The summed E-state index contributed by atoms with van der Waals surface area (Å²) in [5.41, 5.74) is 4.09. The van der Waals surface area contributed by atoms with Gasteiger partial charge in [0, 0.05) is 11.9 Å². The molecular weight excluding hydrogens is 248 g/mol. The number of aryl methyl sites for hydroxylation is 2. The molecule has 2 rings (SSSR count). The lowest BCUT2D eigenvalue weighted by Crippen LogP contribution is -2.24. The van der Waals surface area contributed by atoms with Crippen LogP contribution in [-0.4, -0.2) is 6.03 Å². The van der Waals surface area contributed by atoms with Gasteiger partial charge < -0.3 is 10.6 Å². The number of carbonyl (C=O) groups is 1. The lowest BCUT2D eigenvalue weighted by atomic mass is 10.1. The molecule has 2 amide bonds. The van der Waals surface area contributed by atoms with Crippen LogP contribution in [0.15, 0.2) is 54.7 Å². The molecule has 0 fully saturated rings. The zero-order valence-corrected chi connectivity index (χ0v) is 11.7. The van der Waals surface area contributed by atoms with Crippen LogP contribution in [0.4, 0.5) is 10.5 Å². The Morgan fingerprint density at radius 2 is 1.80 bits per heavy atom. The highest BCUT2D eigenvalue weighted by atomic mass is 16.2. The van der Waals surface area contributed by atoms with E-state index < -0.39 is 0 Å². The number of hydrogen-bond donors (Lipinski definition) is 2. The number of rotatable bonds is 3. The quantitative estimate of drug-likeness (QED) is 0.863. The van der Waals surface area contributed by atoms with E-state index in [0.717, 1.165) is 16.8 Å². The van der Waals surface area contributed by atoms with Crippen LogP contribution in [0.3, 0.4) is 0 Å². The summed E-state index contributed by atoms with van der Waals surface area (Å²) in [6.45, 7) is 4.00. The number of hydrogen-bond acceptors (Lipinski definition) is 1. The summed E-state index contributed by atoms with van der Waals surface area (Å²) in [5, 5.41) is 5.51. The molecule has 0 atom stereocenters. The predicted molar refractivity (Wildman–Crippen MR) is 83.5 cm³/mol. The first-order valence-electron chi connectivity index (χ1n) is 6.51. The molecule has 0 spiro atoms. The maximum atomic E-state index is 11.8. The fourth-order valence-electron chi connectivity index (χ4n) is 1.89. The minimum Gasteiger partial charge on any atom is -0.314 e. The van der Waals surface area contributed by atoms with Gasteiger partial charge in [-0.2, -0.15) is 0 Å². The summed E-state index contributed by atoms with van der Waals surface area (Å²) in [5.74, 6) is 0. The van der Waals surface area contributed by atoms with Gasteiger partial charge in [-0.25, -0.2) is 4.79 Å². The van der Waals surface area contributed by atoms with E-state index in [-0.39, 0.29) is 6.03 Å². The molecule has 20 heavy (non-hydrogen) atoms. The smallest absolute Gasteiger partial charge is 0.314 e. The van der Waals surface area contributed by atoms with E-state index in [1.54, 1.807) is 6.20 Å². The molecule has 2 aromatic carbocycles. The fraction of sp³-hybridized carbons (Fsp3) is 0.118. The van der Waals surface area contributed by atoms with Crippen molar-refractivity contribution in [2.24, 2.45) is 0 Å². The van der Waals surface area contributed by atoms with E-state index in [0.29, 0.717) is 0 Å². The van der Waals surface area contributed by atoms with E-state index >= 15 is 0 Å². The Kier molecular flexibility index (Phi) is 4.56. The summed E-state index contributed by atoms with van der Waals surface area (Å²) in [6.07, 6.45) is 3.48. The second-order valence-electron chi connectivity index (χ2n) is 4.66. The van der Waals surface area contributed by atoms with E-state index in [2.05, 4.69) is 10.6 Å². The third kappa shape index (κ3) is 3.99. The van der Waals surface area contributed by atoms with Gasteiger partial charge in [0.15, 0.2) is 0 Å². The van der Waals surface area contributed by atoms with Crippen molar-refractivity contribution >= 4 is 17.8 Å². The molecule has 0 aromatic heterocycles. The Morgan fingerprint density at radius 3 is 2.50 bits per heavy atom. The lowest BCUT2D eigenvalue weighted by Gasteiger charge is -2.08. The van der Waals surface area contributed by atoms with Crippen LogP contribution in [0.25, 0.3) is 6.08 Å².